The molecule has 0 aromatic rings. The first-order chi connectivity index (χ1) is 5.07. The quantitative estimate of drug-likeness (QED) is 0.614. The molecule has 2 unspecified atom stereocenters. The molecule has 0 aliphatic heterocycles. The van der Waals surface area contributed by atoms with Crippen LogP contribution in [0, 0.1) is 0 Å². The number of hydrogen-bond acceptors (Lipinski definition) is 2. The first-order valence-electron chi connectivity index (χ1n) is 3.30. The number of hydrogen-bond donors (Lipinski definition) is 1. The predicted octanol–water partition coefficient (Wildman–Crippen LogP) is 0.0556. The molecule has 0 saturated heterocycles. The predicted molar refractivity (Wildman–Crippen MR) is 46.7 cm³/mol. The number of nitrogens with one attached hydrogen (secondary N) is 1. The molecule has 0 spiro atoms. The van der Waals surface area contributed by atoms with Crippen LogP contribution in [0.4, 0.5) is 0 Å². The fourth-order valence-corrected chi connectivity index (χ4v) is 0.752. The van der Waals surface area contributed by atoms with Crippen LogP contribution >= 0.6 is 0 Å². The highest BCUT2D eigenvalue weighted by molar-refractivity contribution is 7.84. The molecule has 1 amide bonds. The van der Waals surface area contributed by atoms with E-state index in [9.17, 15) is 9.00 Å². The Labute approximate surface area is 69.3 Å². The van der Waals surface area contributed by atoms with Crippen molar-refractivity contribution in [1.29, 1.82) is 0 Å². The van der Waals surface area contributed by atoms with E-state index >= 15 is 0 Å². The molecule has 0 fully saturated rings. The summed E-state index contributed by atoms with van der Waals surface area (Å²) in [5, 5.41) is 2.56. The van der Waals surface area contributed by atoms with Crippen LogP contribution in [0.25, 0.3) is 0 Å². The third-order valence-corrected chi connectivity index (χ3v) is 2.62. The van der Waals surface area contributed by atoms with Crippen molar-refractivity contribution in [3.63, 3.8) is 0 Å². The van der Waals surface area contributed by atoms with Gasteiger partial charge in [0.15, 0.2) is 0 Å². The average molecular weight is 175 g/mol. The van der Waals surface area contributed by atoms with Crippen LogP contribution in [0.15, 0.2) is 12.7 Å². The summed E-state index contributed by atoms with van der Waals surface area (Å²) in [4.78, 5) is 10.6. The largest absolute Gasteiger partial charge is 0.351 e. The Morgan fingerprint density at radius 2 is 2.36 bits per heavy atom. The van der Waals surface area contributed by atoms with E-state index in [-0.39, 0.29) is 11.2 Å². The monoisotopic (exact) mass is 175 g/mol. The SMILES string of the molecule is C=CC(=O)NCC(C)S(C)=O. The number of amides is 1. The Balaban J connectivity index is 3.62. The van der Waals surface area contributed by atoms with Crippen LogP contribution in [0.1, 0.15) is 6.92 Å². The lowest BCUT2D eigenvalue weighted by atomic mass is 10.4. The number of rotatable bonds is 4. The summed E-state index contributed by atoms with van der Waals surface area (Å²) in [6.07, 6.45) is 2.82. The van der Waals surface area contributed by atoms with Crippen LogP contribution in [0.5, 0.6) is 0 Å². The van der Waals surface area contributed by atoms with Crippen molar-refractivity contribution in [3.05, 3.63) is 12.7 Å². The van der Waals surface area contributed by atoms with Crippen molar-refractivity contribution >= 4 is 16.7 Å². The average Bonchev–Trinajstić information content (AvgIpc) is 1.99. The lowest BCUT2D eigenvalue weighted by molar-refractivity contribution is -0.116. The van der Waals surface area contributed by atoms with Crippen molar-refractivity contribution in [2.24, 2.45) is 0 Å². The molecule has 3 nitrogen and oxygen atoms in total. The fraction of sp³-hybridized carbons (Fsp3) is 0.571. The molecule has 0 aliphatic carbocycles. The summed E-state index contributed by atoms with van der Waals surface area (Å²) in [5.41, 5.74) is 0. The van der Waals surface area contributed by atoms with Crippen molar-refractivity contribution in [1.82, 2.24) is 5.32 Å². The summed E-state index contributed by atoms with van der Waals surface area (Å²) < 4.78 is 10.8. The Kier molecular flexibility index (Phi) is 4.77. The molecule has 0 saturated carbocycles. The van der Waals surface area contributed by atoms with Crippen LogP contribution in [-0.4, -0.2) is 28.2 Å². The Morgan fingerprint density at radius 3 is 2.73 bits per heavy atom. The zero-order valence-electron chi connectivity index (χ0n) is 6.79. The van der Waals surface area contributed by atoms with E-state index in [0.29, 0.717) is 6.54 Å². The summed E-state index contributed by atoms with van der Waals surface area (Å²) >= 11 is 0. The zero-order chi connectivity index (χ0) is 8.85. The summed E-state index contributed by atoms with van der Waals surface area (Å²) in [7, 11) is -0.878. The van der Waals surface area contributed by atoms with Crippen LogP contribution < -0.4 is 5.32 Å². The molecule has 0 bridgehead atoms. The Bertz CT molecular complexity index is 179. The van der Waals surface area contributed by atoms with E-state index in [0.717, 1.165) is 0 Å². The highest BCUT2D eigenvalue weighted by Crippen LogP contribution is 1.88. The molecular weight excluding hydrogens is 162 g/mol. The van der Waals surface area contributed by atoms with Crippen molar-refractivity contribution in [2.75, 3.05) is 12.8 Å². The van der Waals surface area contributed by atoms with Gasteiger partial charge in [0.05, 0.1) is 0 Å². The molecule has 11 heavy (non-hydrogen) atoms. The topological polar surface area (TPSA) is 46.2 Å². The van der Waals surface area contributed by atoms with Gasteiger partial charge in [0.25, 0.3) is 0 Å². The minimum Gasteiger partial charge on any atom is -0.351 e. The molecule has 2 atom stereocenters. The second kappa shape index (κ2) is 5.07. The number of carbonyl (C=O) groups is 1. The van der Waals surface area contributed by atoms with Crippen LogP contribution in [0.3, 0.4) is 0 Å². The van der Waals surface area contributed by atoms with E-state index in [1.807, 2.05) is 6.92 Å². The van der Waals surface area contributed by atoms with E-state index < -0.39 is 10.8 Å². The molecule has 0 aliphatic rings. The third-order valence-electron chi connectivity index (χ3n) is 1.32. The van der Waals surface area contributed by atoms with E-state index in [1.165, 1.54) is 6.08 Å². The van der Waals surface area contributed by atoms with Crippen LogP contribution in [-0.2, 0) is 15.6 Å². The first-order valence-corrected chi connectivity index (χ1v) is 4.92. The first kappa shape index (κ1) is 10.4. The highest BCUT2D eigenvalue weighted by Gasteiger charge is 2.05. The third kappa shape index (κ3) is 4.72. The maximum atomic E-state index is 10.8. The maximum Gasteiger partial charge on any atom is 0.243 e. The van der Waals surface area contributed by atoms with Crippen molar-refractivity contribution in [3.8, 4) is 0 Å². The van der Waals surface area contributed by atoms with Gasteiger partial charge in [0.2, 0.25) is 5.91 Å². The minimum absolute atomic E-state index is 0.00102. The Morgan fingerprint density at radius 1 is 1.82 bits per heavy atom. The summed E-state index contributed by atoms with van der Waals surface area (Å²) in [6.45, 7) is 5.55. The lowest BCUT2D eigenvalue weighted by Crippen LogP contribution is -2.31. The molecule has 0 radical (unpaired) electrons. The fourth-order valence-electron chi connectivity index (χ4n) is 0.434. The van der Waals surface area contributed by atoms with Crippen LogP contribution in [0.2, 0.25) is 0 Å². The van der Waals surface area contributed by atoms with Gasteiger partial charge in [-0.3, -0.25) is 9.00 Å². The van der Waals surface area contributed by atoms with Gasteiger partial charge in [-0.05, 0) is 13.0 Å². The molecule has 0 rings (SSSR count). The highest BCUT2D eigenvalue weighted by atomic mass is 32.2. The van der Waals surface area contributed by atoms with Gasteiger partial charge < -0.3 is 5.32 Å². The van der Waals surface area contributed by atoms with Crippen molar-refractivity contribution < 1.29 is 9.00 Å². The molecule has 0 aromatic heterocycles. The van der Waals surface area contributed by atoms with Gasteiger partial charge in [0.1, 0.15) is 0 Å². The van der Waals surface area contributed by atoms with Gasteiger partial charge >= 0.3 is 0 Å². The maximum absolute atomic E-state index is 10.8. The van der Waals surface area contributed by atoms with Gasteiger partial charge in [0, 0.05) is 28.9 Å². The van der Waals surface area contributed by atoms with E-state index in [1.54, 1.807) is 6.26 Å². The molecular formula is C7H13NO2S. The second-order valence-electron chi connectivity index (χ2n) is 2.26. The second-order valence-corrected chi connectivity index (χ2v) is 4.06. The molecule has 4 heteroatoms. The molecule has 1 N–H and O–H groups in total. The van der Waals surface area contributed by atoms with E-state index in [4.69, 9.17) is 0 Å². The van der Waals surface area contributed by atoms with Crippen molar-refractivity contribution in [2.45, 2.75) is 12.2 Å². The molecule has 64 valence electrons. The Hall–Kier alpha value is -0.640. The minimum atomic E-state index is -0.878. The zero-order valence-corrected chi connectivity index (χ0v) is 7.61. The summed E-state index contributed by atoms with van der Waals surface area (Å²) in [5.74, 6) is -0.220. The summed E-state index contributed by atoms with van der Waals surface area (Å²) in [6, 6.07) is 0. The van der Waals surface area contributed by atoms with E-state index in [2.05, 4.69) is 11.9 Å². The molecule has 0 heterocycles. The standard InChI is InChI=1S/C7H13NO2S/c1-4-7(9)8-5-6(2)11(3)10/h4,6H,1,5H2,2-3H3,(H,8,9). The number of carbonyl (C=O) groups excluding carboxylic acids is 1. The van der Waals surface area contributed by atoms with Gasteiger partial charge in [-0.25, -0.2) is 0 Å². The lowest BCUT2D eigenvalue weighted by Gasteiger charge is -2.07. The normalized spacial score (nSPS) is 15.1. The van der Waals surface area contributed by atoms with Gasteiger partial charge in [-0.15, -0.1) is 0 Å². The smallest absolute Gasteiger partial charge is 0.243 e. The molecule has 0 aromatic carbocycles. The van der Waals surface area contributed by atoms with Gasteiger partial charge in [-0.1, -0.05) is 6.58 Å². The van der Waals surface area contributed by atoms with Gasteiger partial charge in [-0.2, -0.15) is 0 Å².